The number of hydrogen-bond acceptors (Lipinski definition) is 4. The molecule has 1 aromatic carbocycles. The van der Waals surface area contributed by atoms with E-state index in [1.165, 1.54) is 12.1 Å². The van der Waals surface area contributed by atoms with Gasteiger partial charge < -0.3 is 19.5 Å². The minimum Gasteiger partial charge on any atom is -0.367 e. The predicted molar refractivity (Wildman–Crippen MR) is 107 cm³/mol. The van der Waals surface area contributed by atoms with Crippen molar-refractivity contribution in [1.29, 1.82) is 0 Å². The number of hydrogen-bond donors (Lipinski definition) is 1. The standard InChI is InChI=1S/C21H29FN4O2/c1-5-23-21(24-11-18-10-19(14(2)3)25-28-18)26-12-15(4)27-20(13-26)16-6-8-17(22)9-7-16/h6-10,14-15,20H,5,11-13H2,1-4H3,(H,23,24). The summed E-state index contributed by atoms with van der Waals surface area (Å²) in [6, 6.07) is 8.46. The van der Waals surface area contributed by atoms with Crippen LogP contribution in [0.4, 0.5) is 4.39 Å². The highest BCUT2D eigenvalue weighted by molar-refractivity contribution is 5.80. The normalized spacial score (nSPS) is 20.6. The van der Waals surface area contributed by atoms with Gasteiger partial charge in [0.1, 0.15) is 18.5 Å². The molecule has 0 radical (unpaired) electrons. The monoisotopic (exact) mass is 388 g/mol. The highest BCUT2D eigenvalue weighted by atomic mass is 19.1. The van der Waals surface area contributed by atoms with E-state index in [1.54, 1.807) is 12.1 Å². The largest absolute Gasteiger partial charge is 0.367 e. The third kappa shape index (κ3) is 5.10. The molecular weight excluding hydrogens is 359 g/mol. The average Bonchev–Trinajstić information content (AvgIpc) is 3.14. The summed E-state index contributed by atoms with van der Waals surface area (Å²) >= 11 is 0. The zero-order valence-corrected chi connectivity index (χ0v) is 17.0. The molecule has 0 aliphatic carbocycles. The third-order valence-electron chi connectivity index (χ3n) is 4.69. The second-order valence-corrected chi connectivity index (χ2v) is 7.43. The lowest BCUT2D eigenvalue weighted by Gasteiger charge is -2.38. The maximum Gasteiger partial charge on any atom is 0.194 e. The first kappa shape index (κ1) is 20.3. The molecule has 1 aliphatic heterocycles. The van der Waals surface area contributed by atoms with Crippen molar-refractivity contribution in [2.45, 2.75) is 52.4 Å². The summed E-state index contributed by atoms with van der Waals surface area (Å²) in [5.74, 6) is 1.64. The predicted octanol–water partition coefficient (Wildman–Crippen LogP) is 3.86. The number of aliphatic imine (C=N–C) groups is 1. The Hall–Kier alpha value is -2.41. The smallest absolute Gasteiger partial charge is 0.194 e. The molecule has 28 heavy (non-hydrogen) atoms. The maximum atomic E-state index is 13.3. The van der Waals surface area contributed by atoms with Crippen LogP contribution in [0.1, 0.15) is 56.7 Å². The molecule has 2 aromatic rings. The topological polar surface area (TPSA) is 62.9 Å². The molecule has 1 fully saturated rings. The van der Waals surface area contributed by atoms with Gasteiger partial charge in [0, 0.05) is 19.2 Å². The van der Waals surface area contributed by atoms with Crippen LogP contribution in [0.2, 0.25) is 0 Å². The van der Waals surface area contributed by atoms with Crippen molar-refractivity contribution >= 4 is 5.96 Å². The van der Waals surface area contributed by atoms with E-state index in [-0.39, 0.29) is 18.0 Å². The van der Waals surface area contributed by atoms with Crippen LogP contribution in [-0.4, -0.2) is 41.8 Å². The van der Waals surface area contributed by atoms with Crippen molar-refractivity contribution < 1.29 is 13.7 Å². The molecular formula is C21H29FN4O2. The Morgan fingerprint density at radius 2 is 2.07 bits per heavy atom. The molecule has 2 unspecified atom stereocenters. The van der Waals surface area contributed by atoms with Gasteiger partial charge in [0.05, 0.1) is 18.3 Å². The number of rotatable bonds is 5. The number of guanidine groups is 1. The Morgan fingerprint density at radius 1 is 1.32 bits per heavy atom. The van der Waals surface area contributed by atoms with Gasteiger partial charge in [-0.25, -0.2) is 9.38 Å². The molecule has 1 aromatic heterocycles. The number of benzene rings is 1. The van der Waals surface area contributed by atoms with E-state index < -0.39 is 0 Å². The Bertz CT molecular complexity index is 788. The van der Waals surface area contributed by atoms with Crippen LogP contribution in [0.15, 0.2) is 39.8 Å². The van der Waals surface area contributed by atoms with Crippen LogP contribution in [0, 0.1) is 5.82 Å². The van der Waals surface area contributed by atoms with Crippen LogP contribution < -0.4 is 5.32 Å². The molecule has 2 atom stereocenters. The number of morpholine rings is 1. The van der Waals surface area contributed by atoms with Crippen LogP contribution >= 0.6 is 0 Å². The van der Waals surface area contributed by atoms with E-state index in [9.17, 15) is 4.39 Å². The minimum absolute atomic E-state index is 0.0329. The van der Waals surface area contributed by atoms with Gasteiger partial charge in [-0.15, -0.1) is 0 Å². The first-order chi connectivity index (χ1) is 13.5. The van der Waals surface area contributed by atoms with Gasteiger partial charge >= 0.3 is 0 Å². The van der Waals surface area contributed by atoms with E-state index in [0.717, 1.165) is 36.1 Å². The molecule has 0 spiro atoms. The van der Waals surface area contributed by atoms with Crippen LogP contribution in [0.5, 0.6) is 0 Å². The minimum atomic E-state index is -0.243. The van der Waals surface area contributed by atoms with E-state index >= 15 is 0 Å². The van der Waals surface area contributed by atoms with Gasteiger partial charge in [-0.1, -0.05) is 31.1 Å². The van der Waals surface area contributed by atoms with E-state index in [0.29, 0.717) is 19.0 Å². The van der Waals surface area contributed by atoms with Crippen molar-refractivity contribution in [3.8, 4) is 0 Å². The molecule has 1 aliphatic rings. The zero-order valence-electron chi connectivity index (χ0n) is 17.0. The van der Waals surface area contributed by atoms with Crippen LogP contribution in [0.25, 0.3) is 0 Å². The fraction of sp³-hybridized carbons (Fsp3) is 0.524. The van der Waals surface area contributed by atoms with Crippen LogP contribution in [-0.2, 0) is 11.3 Å². The lowest BCUT2D eigenvalue weighted by molar-refractivity contribution is -0.0605. The number of ether oxygens (including phenoxy) is 1. The molecule has 3 rings (SSSR count). The maximum absolute atomic E-state index is 13.3. The third-order valence-corrected chi connectivity index (χ3v) is 4.69. The fourth-order valence-corrected chi connectivity index (χ4v) is 3.24. The van der Waals surface area contributed by atoms with Crippen molar-refractivity contribution in [2.24, 2.45) is 4.99 Å². The van der Waals surface area contributed by atoms with Crippen molar-refractivity contribution in [1.82, 2.24) is 15.4 Å². The van der Waals surface area contributed by atoms with Crippen molar-refractivity contribution in [3.63, 3.8) is 0 Å². The van der Waals surface area contributed by atoms with Gasteiger partial charge in [-0.3, -0.25) is 0 Å². The van der Waals surface area contributed by atoms with Gasteiger partial charge in [0.2, 0.25) is 0 Å². The Morgan fingerprint density at radius 3 is 2.71 bits per heavy atom. The van der Waals surface area contributed by atoms with E-state index in [1.807, 2.05) is 19.9 Å². The Balaban J connectivity index is 1.74. The lowest BCUT2D eigenvalue weighted by Crippen LogP contribution is -2.50. The Kier molecular flexibility index (Phi) is 6.67. The summed E-state index contributed by atoms with van der Waals surface area (Å²) in [6.45, 7) is 10.8. The van der Waals surface area contributed by atoms with Crippen molar-refractivity contribution in [2.75, 3.05) is 19.6 Å². The SMILES string of the molecule is CCNC(=NCc1cc(C(C)C)no1)N1CC(C)OC(c2ccc(F)cc2)C1. The molecule has 152 valence electrons. The fourth-order valence-electron chi connectivity index (χ4n) is 3.24. The number of nitrogens with zero attached hydrogens (tertiary/aromatic N) is 3. The summed E-state index contributed by atoms with van der Waals surface area (Å²) in [5.41, 5.74) is 1.90. The summed E-state index contributed by atoms with van der Waals surface area (Å²) in [7, 11) is 0. The first-order valence-electron chi connectivity index (χ1n) is 9.86. The number of halogens is 1. The van der Waals surface area contributed by atoms with Gasteiger partial charge in [-0.05, 0) is 37.5 Å². The molecule has 6 nitrogen and oxygen atoms in total. The average molecular weight is 388 g/mol. The molecule has 0 amide bonds. The van der Waals surface area contributed by atoms with Crippen molar-refractivity contribution in [3.05, 3.63) is 53.2 Å². The molecule has 7 heteroatoms. The highest BCUT2D eigenvalue weighted by Gasteiger charge is 2.28. The summed E-state index contributed by atoms with van der Waals surface area (Å²) < 4.78 is 24.7. The number of aromatic nitrogens is 1. The second kappa shape index (κ2) is 9.19. The Labute approximate surface area is 165 Å². The second-order valence-electron chi connectivity index (χ2n) is 7.43. The van der Waals surface area contributed by atoms with E-state index in [2.05, 4.69) is 29.2 Å². The highest BCUT2D eigenvalue weighted by Crippen LogP contribution is 2.25. The summed E-state index contributed by atoms with van der Waals surface area (Å²) in [5, 5.41) is 7.45. The molecule has 0 bridgehead atoms. The van der Waals surface area contributed by atoms with Crippen LogP contribution in [0.3, 0.4) is 0 Å². The van der Waals surface area contributed by atoms with Gasteiger partial charge in [-0.2, -0.15) is 0 Å². The first-order valence-corrected chi connectivity index (χ1v) is 9.86. The van der Waals surface area contributed by atoms with E-state index in [4.69, 9.17) is 14.3 Å². The quantitative estimate of drug-likeness (QED) is 0.622. The molecule has 1 N–H and O–H groups in total. The summed E-state index contributed by atoms with van der Waals surface area (Å²) in [4.78, 5) is 6.92. The van der Waals surface area contributed by atoms with Gasteiger partial charge in [0.25, 0.3) is 0 Å². The van der Waals surface area contributed by atoms with Gasteiger partial charge in [0.15, 0.2) is 11.7 Å². The molecule has 2 heterocycles. The number of nitrogens with one attached hydrogen (secondary N) is 1. The molecule has 0 saturated carbocycles. The molecule has 1 saturated heterocycles. The zero-order chi connectivity index (χ0) is 20.1. The lowest BCUT2D eigenvalue weighted by atomic mass is 10.1. The summed E-state index contributed by atoms with van der Waals surface area (Å²) in [6.07, 6.45) is -0.100.